The Morgan fingerprint density at radius 3 is 2.68 bits per heavy atom. The molecule has 1 atom stereocenters. The number of guanidine groups is 1. The number of benzene rings is 1. The summed E-state index contributed by atoms with van der Waals surface area (Å²) >= 11 is 5.86. The van der Waals surface area contributed by atoms with Gasteiger partial charge in [0.05, 0.1) is 19.3 Å². The molecule has 0 bridgehead atoms. The van der Waals surface area contributed by atoms with Gasteiger partial charge in [0, 0.05) is 18.3 Å². The minimum atomic E-state index is -0.0219. The summed E-state index contributed by atoms with van der Waals surface area (Å²) in [7, 11) is 1.72. The van der Waals surface area contributed by atoms with E-state index < -0.39 is 0 Å². The number of hydrogen-bond donors (Lipinski definition) is 2. The Balaban J connectivity index is 1.64. The molecular weight excluding hydrogens is 340 g/mol. The molecule has 2 aromatic rings. The lowest BCUT2D eigenvalue weighted by Crippen LogP contribution is -2.43. The van der Waals surface area contributed by atoms with Crippen LogP contribution in [0.1, 0.15) is 6.92 Å². The maximum absolute atomic E-state index is 5.86. The van der Waals surface area contributed by atoms with Gasteiger partial charge in [0.15, 0.2) is 5.96 Å². The number of aliphatic imine (C=N–C) groups is 1. The number of aromatic nitrogens is 1. The molecule has 2 N–H and O–H groups in total. The first-order valence-corrected chi connectivity index (χ1v) is 8.44. The van der Waals surface area contributed by atoms with Crippen molar-refractivity contribution in [2.45, 2.75) is 13.0 Å². The fourth-order valence-electron chi connectivity index (χ4n) is 2.02. The zero-order valence-corrected chi connectivity index (χ0v) is 15.2. The first kappa shape index (κ1) is 18.9. The van der Waals surface area contributed by atoms with E-state index in [9.17, 15) is 0 Å². The largest absolute Gasteiger partial charge is 0.490 e. The number of rotatable bonds is 8. The maximum atomic E-state index is 5.86. The first-order chi connectivity index (χ1) is 12.2. The second-order valence-electron chi connectivity index (χ2n) is 5.30. The van der Waals surface area contributed by atoms with E-state index in [-0.39, 0.29) is 6.10 Å². The average Bonchev–Trinajstić information content (AvgIpc) is 2.64. The third-order valence-electron chi connectivity index (χ3n) is 3.23. The molecule has 7 heteroatoms. The summed E-state index contributed by atoms with van der Waals surface area (Å²) in [6, 6.07) is 11.0. The van der Waals surface area contributed by atoms with Crippen molar-refractivity contribution in [3.05, 3.63) is 53.8 Å². The summed E-state index contributed by atoms with van der Waals surface area (Å²) in [4.78, 5) is 8.18. The Bertz CT molecular complexity index is 650. The molecule has 1 aromatic heterocycles. The highest BCUT2D eigenvalue weighted by Crippen LogP contribution is 2.16. The minimum Gasteiger partial charge on any atom is -0.490 e. The fourth-order valence-corrected chi connectivity index (χ4v) is 2.14. The van der Waals surface area contributed by atoms with Crippen LogP contribution in [0.2, 0.25) is 5.02 Å². The van der Waals surface area contributed by atoms with E-state index >= 15 is 0 Å². The van der Waals surface area contributed by atoms with Crippen molar-refractivity contribution in [2.75, 3.05) is 26.7 Å². The Morgan fingerprint density at radius 2 is 2.00 bits per heavy atom. The Labute approximate surface area is 153 Å². The van der Waals surface area contributed by atoms with E-state index in [1.165, 1.54) is 0 Å². The summed E-state index contributed by atoms with van der Waals surface area (Å²) in [6.07, 6.45) is 3.37. The Hall–Kier alpha value is -2.47. The molecule has 0 aliphatic rings. The molecule has 0 radical (unpaired) electrons. The monoisotopic (exact) mass is 362 g/mol. The highest BCUT2D eigenvalue weighted by atomic mass is 35.5. The van der Waals surface area contributed by atoms with Crippen LogP contribution in [0.3, 0.4) is 0 Å². The molecule has 1 aromatic carbocycles. The van der Waals surface area contributed by atoms with Crippen molar-refractivity contribution in [2.24, 2.45) is 4.99 Å². The minimum absolute atomic E-state index is 0.0219. The van der Waals surface area contributed by atoms with E-state index in [0.717, 1.165) is 11.5 Å². The van der Waals surface area contributed by atoms with Gasteiger partial charge in [-0.3, -0.25) is 9.98 Å². The number of nitrogens with one attached hydrogen (secondary N) is 2. The van der Waals surface area contributed by atoms with E-state index in [0.29, 0.717) is 30.7 Å². The van der Waals surface area contributed by atoms with Gasteiger partial charge >= 0.3 is 0 Å². The average molecular weight is 363 g/mol. The third-order valence-corrected chi connectivity index (χ3v) is 3.48. The van der Waals surface area contributed by atoms with Crippen LogP contribution in [0.4, 0.5) is 0 Å². The summed E-state index contributed by atoms with van der Waals surface area (Å²) in [6.45, 7) is 3.75. The van der Waals surface area contributed by atoms with Crippen LogP contribution < -0.4 is 20.1 Å². The number of halogens is 1. The number of nitrogens with zero attached hydrogens (tertiary/aromatic N) is 2. The standard InChI is InChI=1S/C18H23ClN4O2/c1-14(25-16-7-5-15(19)6-8-16)12-23-18(20-2)22-10-11-24-17-4-3-9-21-13-17/h3-9,13-14H,10-12H2,1-2H3,(H2,20,22,23). The first-order valence-electron chi connectivity index (χ1n) is 8.07. The van der Waals surface area contributed by atoms with Crippen molar-refractivity contribution < 1.29 is 9.47 Å². The predicted molar refractivity (Wildman–Crippen MR) is 101 cm³/mol. The highest BCUT2D eigenvalue weighted by Gasteiger charge is 2.06. The van der Waals surface area contributed by atoms with Crippen LogP contribution >= 0.6 is 11.6 Å². The molecule has 25 heavy (non-hydrogen) atoms. The molecule has 0 fully saturated rings. The maximum Gasteiger partial charge on any atom is 0.191 e. The number of pyridine rings is 1. The quantitative estimate of drug-likeness (QED) is 0.429. The van der Waals surface area contributed by atoms with Crippen LogP contribution in [0, 0.1) is 0 Å². The van der Waals surface area contributed by atoms with Gasteiger partial charge in [-0.05, 0) is 43.3 Å². The lowest BCUT2D eigenvalue weighted by Gasteiger charge is -2.18. The normalized spacial score (nSPS) is 12.4. The highest BCUT2D eigenvalue weighted by molar-refractivity contribution is 6.30. The summed E-state index contributed by atoms with van der Waals surface area (Å²) in [5.41, 5.74) is 0. The summed E-state index contributed by atoms with van der Waals surface area (Å²) < 4.78 is 11.4. The fraction of sp³-hybridized carbons (Fsp3) is 0.333. The molecule has 1 heterocycles. The van der Waals surface area contributed by atoms with Crippen LogP contribution in [-0.4, -0.2) is 43.8 Å². The lowest BCUT2D eigenvalue weighted by atomic mass is 10.3. The Kier molecular flexibility index (Phi) is 7.85. The topological polar surface area (TPSA) is 67.8 Å². The van der Waals surface area contributed by atoms with Crippen molar-refractivity contribution >= 4 is 17.6 Å². The molecule has 2 rings (SSSR count). The summed E-state index contributed by atoms with van der Waals surface area (Å²) in [5.74, 6) is 2.23. The smallest absolute Gasteiger partial charge is 0.191 e. The molecule has 0 aliphatic carbocycles. The van der Waals surface area contributed by atoms with Gasteiger partial charge in [-0.1, -0.05) is 11.6 Å². The summed E-state index contributed by atoms with van der Waals surface area (Å²) in [5, 5.41) is 7.10. The molecule has 6 nitrogen and oxygen atoms in total. The van der Waals surface area contributed by atoms with Gasteiger partial charge in [-0.15, -0.1) is 0 Å². The third kappa shape index (κ3) is 7.30. The van der Waals surface area contributed by atoms with Crippen molar-refractivity contribution in [1.29, 1.82) is 0 Å². The van der Waals surface area contributed by atoms with Gasteiger partial charge in [0.2, 0.25) is 0 Å². The molecule has 0 saturated heterocycles. The molecule has 1 unspecified atom stereocenters. The van der Waals surface area contributed by atoms with Gasteiger partial charge in [0.1, 0.15) is 24.2 Å². The van der Waals surface area contributed by atoms with E-state index in [4.69, 9.17) is 21.1 Å². The van der Waals surface area contributed by atoms with Crippen LogP contribution in [0.5, 0.6) is 11.5 Å². The van der Waals surface area contributed by atoms with E-state index in [1.807, 2.05) is 31.2 Å². The Morgan fingerprint density at radius 1 is 1.20 bits per heavy atom. The SMILES string of the molecule is CN=C(NCCOc1cccnc1)NCC(C)Oc1ccc(Cl)cc1. The van der Waals surface area contributed by atoms with Crippen molar-refractivity contribution in [3.8, 4) is 11.5 Å². The molecule has 0 aliphatic heterocycles. The van der Waals surface area contributed by atoms with E-state index in [2.05, 4.69) is 20.6 Å². The van der Waals surface area contributed by atoms with Gasteiger partial charge in [-0.2, -0.15) is 0 Å². The van der Waals surface area contributed by atoms with Crippen LogP contribution in [0.15, 0.2) is 53.8 Å². The second kappa shape index (κ2) is 10.4. The molecule has 0 amide bonds. The van der Waals surface area contributed by atoms with Gasteiger partial charge < -0.3 is 20.1 Å². The molecule has 0 saturated carbocycles. The van der Waals surface area contributed by atoms with Crippen molar-refractivity contribution in [3.63, 3.8) is 0 Å². The zero-order chi connectivity index (χ0) is 17.9. The number of ether oxygens (including phenoxy) is 2. The van der Waals surface area contributed by atoms with Gasteiger partial charge in [-0.25, -0.2) is 0 Å². The number of hydrogen-bond acceptors (Lipinski definition) is 4. The second-order valence-corrected chi connectivity index (χ2v) is 5.74. The van der Waals surface area contributed by atoms with Crippen molar-refractivity contribution in [1.82, 2.24) is 15.6 Å². The van der Waals surface area contributed by atoms with Crippen LogP contribution in [0.25, 0.3) is 0 Å². The van der Waals surface area contributed by atoms with Gasteiger partial charge in [0.25, 0.3) is 0 Å². The van der Waals surface area contributed by atoms with Crippen LogP contribution in [-0.2, 0) is 0 Å². The molecule has 134 valence electrons. The predicted octanol–water partition coefficient (Wildman–Crippen LogP) is 2.75. The van der Waals surface area contributed by atoms with E-state index in [1.54, 1.807) is 31.6 Å². The lowest BCUT2D eigenvalue weighted by molar-refractivity contribution is 0.223. The zero-order valence-electron chi connectivity index (χ0n) is 14.4. The molecule has 0 spiro atoms. The molecular formula is C18H23ClN4O2.